The highest BCUT2D eigenvalue weighted by Crippen LogP contribution is 2.42. The summed E-state index contributed by atoms with van der Waals surface area (Å²) in [6.07, 6.45) is 0. The lowest BCUT2D eigenvalue weighted by atomic mass is 10.4. The van der Waals surface area contributed by atoms with Crippen LogP contribution in [0.3, 0.4) is 0 Å². The van der Waals surface area contributed by atoms with Crippen LogP contribution >= 0.6 is 23.3 Å². The van der Waals surface area contributed by atoms with E-state index in [1.165, 1.54) is 4.88 Å². The van der Waals surface area contributed by atoms with E-state index in [4.69, 9.17) is 0 Å². The van der Waals surface area contributed by atoms with Crippen molar-refractivity contribution in [3.8, 4) is 0 Å². The fourth-order valence-electron chi connectivity index (χ4n) is 1.54. The molecule has 0 bridgehead atoms. The van der Waals surface area contributed by atoms with E-state index in [9.17, 15) is 4.55 Å². The van der Waals surface area contributed by atoms with Gasteiger partial charge in [-0.1, -0.05) is 21.9 Å². The first kappa shape index (κ1) is 10.7. The molecule has 1 aliphatic heterocycles. The minimum absolute atomic E-state index is 0.740. The second-order valence-corrected chi connectivity index (χ2v) is 7.06. The van der Waals surface area contributed by atoms with Crippen molar-refractivity contribution in [2.45, 2.75) is 16.3 Å². The average Bonchev–Trinajstić information content (AvgIpc) is 2.90. The van der Waals surface area contributed by atoms with Gasteiger partial charge in [0.2, 0.25) is 0 Å². The average molecular weight is 267 g/mol. The molecule has 0 amide bonds. The van der Waals surface area contributed by atoms with Crippen LogP contribution in [-0.4, -0.2) is 8.26 Å². The molecule has 1 atom stereocenters. The van der Waals surface area contributed by atoms with E-state index in [2.05, 4.69) is 6.07 Å². The second-order valence-electron chi connectivity index (χ2n) is 3.36. The maximum absolute atomic E-state index is 12.1. The van der Waals surface area contributed by atoms with Gasteiger partial charge in [0.05, 0.1) is 22.8 Å². The van der Waals surface area contributed by atoms with Crippen molar-refractivity contribution in [3.05, 3.63) is 46.7 Å². The van der Waals surface area contributed by atoms with Gasteiger partial charge in [-0.2, -0.15) is 0 Å². The van der Waals surface area contributed by atoms with E-state index in [1.807, 2.05) is 39.4 Å². The Balaban J connectivity index is 1.82. The minimum atomic E-state index is -1.02. The highest BCUT2D eigenvalue weighted by molar-refractivity contribution is 8.11. The molecule has 0 aliphatic carbocycles. The Morgan fingerprint density at radius 3 is 2.81 bits per heavy atom. The van der Waals surface area contributed by atoms with Crippen molar-refractivity contribution in [2.75, 3.05) is 0 Å². The summed E-state index contributed by atoms with van der Waals surface area (Å²) in [5.74, 6) is 0. The number of benzene rings is 1. The molecule has 0 spiro atoms. The molecular formula is C11H9NOS3. The lowest BCUT2D eigenvalue weighted by molar-refractivity contribution is 0.546. The van der Waals surface area contributed by atoms with Crippen LogP contribution in [0, 0.1) is 0 Å². The Labute approximate surface area is 106 Å². The molecule has 5 heteroatoms. The zero-order chi connectivity index (χ0) is 11.0. The molecule has 2 nitrogen and oxygen atoms in total. The van der Waals surface area contributed by atoms with Crippen LogP contribution in [0.1, 0.15) is 4.88 Å². The largest absolute Gasteiger partial charge is 0.592 e. The summed E-state index contributed by atoms with van der Waals surface area (Å²) in [5, 5.41) is 2.05. The van der Waals surface area contributed by atoms with Crippen molar-refractivity contribution in [1.29, 1.82) is 0 Å². The molecular weight excluding hydrogens is 258 g/mol. The van der Waals surface area contributed by atoms with E-state index in [1.54, 1.807) is 23.3 Å². The summed E-state index contributed by atoms with van der Waals surface area (Å²) >= 11 is 2.27. The number of fused-ring (bicyclic) bond motifs is 1. The predicted octanol–water partition coefficient (Wildman–Crippen LogP) is 3.29. The molecule has 1 aliphatic rings. The number of rotatable bonds is 2. The summed E-state index contributed by atoms with van der Waals surface area (Å²) in [6.45, 7) is 0.740. The van der Waals surface area contributed by atoms with Gasteiger partial charge < -0.3 is 4.55 Å². The highest BCUT2D eigenvalue weighted by atomic mass is 32.3. The number of hydrogen-bond donors (Lipinski definition) is 0. The molecule has 0 saturated heterocycles. The van der Waals surface area contributed by atoms with Crippen molar-refractivity contribution < 1.29 is 4.55 Å². The summed E-state index contributed by atoms with van der Waals surface area (Å²) < 4.78 is 14.1. The molecule has 3 rings (SSSR count). The summed E-state index contributed by atoms with van der Waals surface area (Å²) in [5.41, 5.74) is 0. The topological polar surface area (TPSA) is 26.3 Å². The molecule has 82 valence electrons. The van der Waals surface area contributed by atoms with E-state index in [0.717, 1.165) is 16.3 Å². The third-order valence-electron chi connectivity index (χ3n) is 2.29. The SMILES string of the molecule is [O-][S+]1c2ccccc2SN1Cc1cccs1. The minimum Gasteiger partial charge on any atom is -0.592 e. The van der Waals surface area contributed by atoms with E-state index in [0.29, 0.717) is 0 Å². The molecule has 0 N–H and O–H groups in total. The molecule has 0 radical (unpaired) electrons. The van der Waals surface area contributed by atoms with Gasteiger partial charge in [-0.15, -0.1) is 11.3 Å². The summed E-state index contributed by atoms with van der Waals surface area (Å²) in [7, 11) is 0. The van der Waals surface area contributed by atoms with Crippen LogP contribution in [0.25, 0.3) is 0 Å². The number of hydrogen-bond acceptors (Lipinski definition) is 4. The van der Waals surface area contributed by atoms with Crippen LogP contribution in [0.2, 0.25) is 0 Å². The van der Waals surface area contributed by atoms with Gasteiger partial charge in [0.25, 0.3) is 0 Å². The maximum Gasteiger partial charge on any atom is 0.190 e. The lowest BCUT2D eigenvalue weighted by Crippen LogP contribution is -2.18. The summed E-state index contributed by atoms with van der Waals surface area (Å²) in [6, 6.07) is 12.0. The molecule has 2 aromatic rings. The van der Waals surface area contributed by atoms with Gasteiger partial charge in [-0.3, -0.25) is 0 Å². The van der Waals surface area contributed by atoms with Gasteiger partial charge in [0, 0.05) is 16.8 Å². The van der Waals surface area contributed by atoms with E-state index >= 15 is 0 Å². The van der Waals surface area contributed by atoms with Crippen LogP contribution in [0.5, 0.6) is 0 Å². The van der Waals surface area contributed by atoms with Gasteiger partial charge in [-0.05, 0) is 23.6 Å². The number of nitrogens with zero attached hydrogens (tertiary/aromatic N) is 1. The molecule has 16 heavy (non-hydrogen) atoms. The Kier molecular flexibility index (Phi) is 2.95. The van der Waals surface area contributed by atoms with Gasteiger partial charge in [0.1, 0.15) is 0 Å². The fraction of sp³-hybridized carbons (Fsp3) is 0.0909. The van der Waals surface area contributed by atoms with Crippen molar-refractivity contribution in [2.24, 2.45) is 0 Å². The molecule has 0 fully saturated rings. The van der Waals surface area contributed by atoms with Crippen molar-refractivity contribution >= 4 is 34.6 Å². The smallest absolute Gasteiger partial charge is 0.190 e. The summed E-state index contributed by atoms with van der Waals surface area (Å²) in [4.78, 5) is 3.29. The third kappa shape index (κ3) is 1.89. The first-order valence-corrected chi connectivity index (χ1v) is 7.59. The Hall–Kier alpha value is -0.460. The van der Waals surface area contributed by atoms with Gasteiger partial charge in [0.15, 0.2) is 4.90 Å². The zero-order valence-electron chi connectivity index (χ0n) is 8.33. The molecule has 1 aromatic carbocycles. The second kappa shape index (κ2) is 4.43. The van der Waals surface area contributed by atoms with E-state index < -0.39 is 11.4 Å². The zero-order valence-corrected chi connectivity index (χ0v) is 10.8. The Bertz CT molecular complexity index is 484. The monoisotopic (exact) mass is 267 g/mol. The quantitative estimate of drug-likeness (QED) is 0.617. The standard InChI is InChI=1S/C11H9NOS3/c13-16-11-6-2-1-5-10(11)15-12(16)8-9-4-3-7-14-9/h1-7H,8H2. The maximum atomic E-state index is 12.1. The Morgan fingerprint density at radius 2 is 2.06 bits per heavy atom. The fourth-order valence-corrected chi connectivity index (χ4v) is 5.11. The van der Waals surface area contributed by atoms with Crippen LogP contribution in [0.4, 0.5) is 0 Å². The normalized spacial score (nSPS) is 19.9. The predicted molar refractivity (Wildman–Crippen MR) is 68.6 cm³/mol. The highest BCUT2D eigenvalue weighted by Gasteiger charge is 2.35. The van der Waals surface area contributed by atoms with Crippen molar-refractivity contribution in [1.82, 2.24) is 3.71 Å². The van der Waals surface area contributed by atoms with Gasteiger partial charge in [-0.25, -0.2) is 0 Å². The molecule has 1 unspecified atom stereocenters. The molecule has 0 saturated carbocycles. The van der Waals surface area contributed by atoms with Crippen LogP contribution in [-0.2, 0) is 17.9 Å². The van der Waals surface area contributed by atoms with E-state index in [-0.39, 0.29) is 0 Å². The van der Waals surface area contributed by atoms with Crippen LogP contribution < -0.4 is 0 Å². The van der Waals surface area contributed by atoms with Gasteiger partial charge >= 0.3 is 0 Å². The molecule has 2 heterocycles. The van der Waals surface area contributed by atoms with Crippen molar-refractivity contribution in [3.63, 3.8) is 0 Å². The third-order valence-corrected chi connectivity index (χ3v) is 6.02. The first-order chi connectivity index (χ1) is 7.84. The molecule has 1 aromatic heterocycles. The lowest BCUT2D eigenvalue weighted by Gasteiger charge is -2.13. The number of thiophene rings is 1. The Morgan fingerprint density at radius 1 is 1.19 bits per heavy atom. The first-order valence-electron chi connectivity index (χ1n) is 4.83. The van der Waals surface area contributed by atoms with Crippen LogP contribution in [0.15, 0.2) is 51.6 Å².